The summed E-state index contributed by atoms with van der Waals surface area (Å²) in [6.07, 6.45) is 8.39. The van der Waals surface area contributed by atoms with Crippen LogP contribution in [0.2, 0.25) is 0 Å². The van der Waals surface area contributed by atoms with Crippen molar-refractivity contribution in [2.75, 3.05) is 5.32 Å². The molecule has 2 N–H and O–H groups in total. The first-order valence-electron chi connectivity index (χ1n) is 5.01. The predicted molar refractivity (Wildman–Crippen MR) is 60.2 cm³/mol. The van der Waals surface area contributed by atoms with E-state index in [0.29, 0.717) is 5.82 Å². The van der Waals surface area contributed by atoms with Gasteiger partial charge in [0.1, 0.15) is 0 Å². The third-order valence-electron chi connectivity index (χ3n) is 2.13. The van der Waals surface area contributed by atoms with E-state index in [1.54, 1.807) is 18.7 Å². The molecule has 0 amide bonds. The molecule has 2 rings (SSSR count). The second-order valence-corrected chi connectivity index (χ2v) is 3.57. The lowest BCUT2D eigenvalue weighted by molar-refractivity contribution is 0.616. The molecule has 0 saturated heterocycles. The van der Waals surface area contributed by atoms with Gasteiger partial charge in [-0.2, -0.15) is 0 Å². The van der Waals surface area contributed by atoms with Crippen LogP contribution in [-0.4, -0.2) is 25.6 Å². The average Bonchev–Trinajstić information content (AvgIpc) is 2.74. The molecule has 2 heterocycles. The number of H-pyrrole nitrogens is 1. The van der Waals surface area contributed by atoms with E-state index in [2.05, 4.69) is 20.3 Å². The highest BCUT2D eigenvalue weighted by molar-refractivity contribution is 5.31. The fourth-order valence-corrected chi connectivity index (χ4v) is 1.44. The molecule has 2 aromatic heterocycles. The Labute approximate surface area is 92.4 Å². The zero-order valence-electron chi connectivity index (χ0n) is 8.92. The Kier molecular flexibility index (Phi) is 3.00. The summed E-state index contributed by atoms with van der Waals surface area (Å²) in [7, 11) is 0. The van der Waals surface area contributed by atoms with Crippen LogP contribution in [0.3, 0.4) is 0 Å². The van der Waals surface area contributed by atoms with Crippen molar-refractivity contribution in [1.29, 1.82) is 0 Å². The first kappa shape index (κ1) is 10.4. The molecule has 6 heteroatoms. The number of nitrogens with zero attached hydrogens (tertiary/aromatic N) is 3. The molecule has 0 aliphatic rings. The van der Waals surface area contributed by atoms with Crippen LogP contribution in [0.4, 0.5) is 5.82 Å². The lowest BCUT2D eigenvalue weighted by atomic mass is 10.3. The van der Waals surface area contributed by atoms with Crippen LogP contribution in [0.1, 0.15) is 6.92 Å². The largest absolute Gasteiger partial charge is 0.361 e. The van der Waals surface area contributed by atoms with Gasteiger partial charge in [0.25, 0.3) is 5.56 Å². The molecular weight excluding hydrogens is 206 g/mol. The van der Waals surface area contributed by atoms with Crippen LogP contribution in [0.5, 0.6) is 0 Å². The Morgan fingerprint density at radius 2 is 2.44 bits per heavy atom. The minimum absolute atomic E-state index is 0.102. The highest BCUT2D eigenvalue weighted by Gasteiger charge is 2.05. The van der Waals surface area contributed by atoms with Crippen molar-refractivity contribution in [3.05, 3.63) is 41.5 Å². The van der Waals surface area contributed by atoms with E-state index < -0.39 is 0 Å². The second kappa shape index (κ2) is 4.61. The lowest BCUT2D eigenvalue weighted by Crippen LogP contribution is -2.26. The minimum Gasteiger partial charge on any atom is -0.361 e. The zero-order valence-corrected chi connectivity index (χ0v) is 8.92. The standard InChI is InChI=1S/C10H13N5O/c1-8(6-15-5-4-11-7-15)14-9-10(16)13-3-2-12-9/h2-5,7-8H,6H2,1H3,(H,12,14)(H,13,16). The summed E-state index contributed by atoms with van der Waals surface area (Å²) < 4.78 is 1.94. The lowest BCUT2D eigenvalue weighted by Gasteiger charge is -2.13. The number of hydrogen-bond acceptors (Lipinski definition) is 4. The van der Waals surface area contributed by atoms with Gasteiger partial charge in [0, 0.05) is 37.4 Å². The molecule has 0 saturated carbocycles. The van der Waals surface area contributed by atoms with Gasteiger partial charge in [0.05, 0.1) is 6.33 Å². The highest BCUT2D eigenvalue weighted by atomic mass is 16.1. The first-order valence-corrected chi connectivity index (χ1v) is 5.01. The Bertz CT molecular complexity index is 490. The average molecular weight is 219 g/mol. The zero-order chi connectivity index (χ0) is 11.4. The number of anilines is 1. The topological polar surface area (TPSA) is 75.6 Å². The Hall–Kier alpha value is -2.11. The monoisotopic (exact) mass is 219 g/mol. The van der Waals surface area contributed by atoms with E-state index in [1.165, 1.54) is 6.20 Å². The summed E-state index contributed by atoms with van der Waals surface area (Å²) >= 11 is 0. The summed E-state index contributed by atoms with van der Waals surface area (Å²) in [6, 6.07) is 0.102. The van der Waals surface area contributed by atoms with Gasteiger partial charge < -0.3 is 14.9 Å². The van der Waals surface area contributed by atoms with Gasteiger partial charge in [-0.3, -0.25) is 4.79 Å². The van der Waals surface area contributed by atoms with Gasteiger partial charge in [-0.05, 0) is 6.92 Å². The molecule has 84 valence electrons. The van der Waals surface area contributed by atoms with E-state index >= 15 is 0 Å². The molecule has 1 atom stereocenters. The maximum absolute atomic E-state index is 11.4. The number of imidazole rings is 1. The SMILES string of the molecule is CC(Cn1ccnc1)Nc1ncc[nH]c1=O. The van der Waals surface area contributed by atoms with Crippen LogP contribution in [0.25, 0.3) is 0 Å². The maximum Gasteiger partial charge on any atom is 0.290 e. The highest BCUT2D eigenvalue weighted by Crippen LogP contribution is 1.98. The van der Waals surface area contributed by atoms with Crippen LogP contribution < -0.4 is 10.9 Å². The van der Waals surface area contributed by atoms with Gasteiger partial charge in [0.15, 0.2) is 5.82 Å². The van der Waals surface area contributed by atoms with Crippen LogP contribution in [-0.2, 0) is 6.54 Å². The van der Waals surface area contributed by atoms with Crippen molar-refractivity contribution in [1.82, 2.24) is 19.5 Å². The molecule has 16 heavy (non-hydrogen) atoms. The van der Waals surface area contributed by atoms with Crippen molar-refractivity contribution in [2.45, 2.75) is 19.5 Å². The van der Waals surface area contributed by atoms with Gasteiger partial charge in [0.2, 0.25) is 0 Å². The molecule has 2 aromatic rings. The van der Waals surface area contributed by atoms with Crippen molar-refractivity contribution in [3.8, 4) is 0 Å². The summed E-state index contributed by atoms with van der Waals surface area (Å²) in [5, 5.41) is 3.04. The molecule has 0 aromatic carbocycles. The summed E-state index contributed by atoms with van der Waals surface area (Å²) in [6.45, 7) is 2.71. The van der Waals surface area contributed by atoms with Crippen molar-refractivity contribution in [2.24, 2.45) is 0 Å². The minimum atomic E-state index is -0.208. The number of aromatic nitrogens is 4. The molecule has 0 spiro atoms. The van der Waals surface area contributed by atoms with Crippen LogP contribution in [0, 0.1) is 0 Å². The third-order valence-corrected chi connectivity index (χ3v) is 2.13. The molecule has 6 nitrogen and oxygen atoms in total. The summed E-state index contributed by atoms with van der Waals surface area (Å²) in [5.41, 5.74) is -0.208. The van der Waals surface area contributed by atoms with Gasteiger partial charge >= 0.3 is 0 Å². The Balaban J connectivity index is 2.00. The number of aromatic amines is 1. The smallest absolute Gasteiger partial charge is 0.290 e. The van der Waals surface area contributed by atoms with Gasteiger partial charge in [-0.25, -0.2) is 9.97 Å². The molecule has 0 aliphatic heterocycles. The summed E-state index contributed by atoms with van der Waals surface area (Å²) in [5.74, 6) is 0.343. The quantitative estimate of drug-likeness (QED) is 0.783. The van der Waals surface area contributed by atoms with Gasteiger partial charge in [-0.1, -0.05) is 0 Å². The maximum atomic E-state index is 11.4. The fraction of sp³-hybridized carbons (Fsp3) is 0.300. The second-order valence-electron chi connectivity index (χ2n) is 3.57. The normalized spacial score (nSPS) is 12.3. The van der Waals surface area contributed by atoms with E-state index in [9.17, 15) is 4.79 Å². The van der Waals surface area contributed by atoms with E-state index in [1.807, 2.05) is 17.7 Å². The van der Waals surface area contributed by atoms with Gasteiger partial charge in [-0.15, -0.1) is 0 Å². The number of hydrogen-bond donors (Lipinski definition) is 2. The number of nitrogens with one attached hydrogen (secondary N) is 2. The van der Waals surface area contributed by atoms with Crippen molar-refractivity contribution < 1.29 is 0 Å². The Morgan fingerprint density at radius 3 is 3.12 bits per heavy atom. The molecular formula is C10H13N5O. The van der Waals surface area contributed by atoms with Crippen LogP contribution in [0.15, 0.2) is 35.9 Å². The summed E-state index contributed by atoms with van der Waals surface area (Å²) in [4.78, 5) is 21.8. The first-order chi connectivity index (χ1) is 7.75. The molecule has 0 bridgehead atoms. The van der Waals surface area contributed by atoms with E-state index in [-0.39, 0.29) is 11.6 Å². The molecule has 1 unspecified atom stereocenters. The van der Waals surface area contributed by atoms with E-state index in [4.69, 9.17) is 0 Å². The van der Waals surface area contributed by atoms with E-state index in [0.717, 1.165) is 6.54 Å². The van der Waals surface area contributed by atoms with Crippen LogP contribution >= 0.6 is 0 Å². The predicted octanol–water partition coefficient (Wildman–Crippen LogP) is 0.467. The molecule has 0 radical (unpaired) electrons. The molecule has 0 aliphatic carbocycles. The van der Waals surface area contributed by atoms with Crippen molar-refractivity contribution >= 4 is 5.82 Å². The third kappa shape index (κ3) is 2.47. The van der Waals surface area contributed by atoms with Crippen molar-refractivity contribution in [3.63, 3.8) is 0 Å². The number of rotatable bonds is 4. The molecule has 0 fully saturated rings. The fourth-order valence-electron chi connectivity index (χ4n) is 1.44. The Morgan fingerprint density at radius 1 is 1.56 bits per heavy atom.